The van der Waals surface area contributed by atoms with E-state index in [0.29, 0.717) is 12.8 Å². The van der Waals surface area contributed by atoms with Crippen LogP contribution in [0.3, 0.4) is 0 Å². The van der Waals surface area contributed by atoms with Gasteiger partial charge >= 0.3 is 5.97 Å². The third kappa shape index (κ3) is 5.35. The van der Waals surface area contributed by atoms with Gasteiger partial charge in [-0.15, -0.1) is 0 Å². The minimum absolute atomic E-state index is 0.108. The van der Waals surface area contributed by atoms with Gasteiger partial charge in [0.1, 0.15) is 0 Å². The quantitative estimate of drug-likeness (QED) is 0.676. The predicted octanol–water partition coefficient (Wildman–Crippen LogP) is 3.06. The van der Waals surface area contributed by atoms with E-state index in [1.54, 1.807) is 0 Å². The Bertz CT molecular complexity index is 327. The van der Waals surface area contributed by atoms with Crippen LogP contribution in [0.4, 0.5) is 0 Å². The summed E-state index contributed by atoms with van der Waals surface area (Å²) in [5.74, 6) is 1.20. The predicted molar refractivity (Wildman–Crippen MR) is 83.0 cm³/mol. The fraction of sp³-hybridized carbons (Fsp3) is 0.867. The molecule has 1 rings (SSSR count). The highest BCUT2D eigenvalue weighted by molar-refractivity contribution is 7.99. The molecule has 1 fully saturated rings. The Morgan fingerprint density at radius 1 is 1.30 bits per heavy atom. The Hall–Kier alpha value is -0.710. The highest BCUT2D eigenvalue weighted by atomic mass is 32.2. The number of nitrogens with one attached hydrogen (secondary N) is 1. The van der Waals surface area contributed by atoms with Crippen molar-refractivity contribution in [3.63, 3.8) is 0 Å². The molecule has 0 aliphatic heterocycles. The van der Waals surface area contributed by atoms with Crippen molar-refractivity contribution in [2.75, 3.05) is 11.5 Å². The molecular formula is C15H27NO3S. The lowest BCUT2D eigenvalue weighted by molar-refractivity contribution is -0.154. The van der Waals surface area contributed by atoms with Crippen molar-refractivity contribution in [3.8, 4) is 0 Å². The lowest BCUT2D eigenvalue weighted by Crippen LogP contribution is -2.41. The second-order valence-corrected chi connectivity index (χ2v) is 7.17. The van der Waals surface area contributed by atoms with Crippen molar-refractivity contribution < 1.29 is 14.7 Å². The molecule has 1 saturated carbocycles. The van der Waals surface area contributed by atoms with Gasteiger partial charge in [-0.3, -0.25) is 9.59 Å². The van der Waals surface area contributed by atoms with Gasteiger partial charge in [0.25, 0.3) is 0 Å². The maximum atomic E-state index is 12.1. The van der Waals surface area contributed by atoms with Gasteiger partial charge in [0, 0.05) is 12.5 Å². The lowest BCUT2D eigenvalue weighted by Gasteiger charge is -2.32. The molecule has 2 N–H and O–H groups in total. The summed E-state index contributed by atoms with van der Waals surface area (Å²) in [5.41, 5.74) is -0.819. The number of carbonyl (C=O) groups excluding carboxylic acids is 1. The molecule has 0 bridgehead atoms. The van der Waals surface area contributed by atoms with Crippen LogP contribution in [-0.2, 0) is 9.59 Å². The summed E-state index contributed by atoms with van der Waals surface area (Å²) in [6.45, 7) is 4.11. The maximum Gasteiger partial charge on any atom is 0.310 e. The molecule has 0 aromatic rings. The van der Waals surface area contributed by atoms with Gasteiger partial charge in [0.2, 0.25) is 5.91 Å². The van der Waals surface area contributed by atoms with Crippen LogP contribution in [0.5, 0.6) is 0 Å². The number of aliphatic carboxylic acids is 1. The summed E-state index contributed by atoms with van der Waals surface area (Å²) in [7, 11) is 0. The van der Waals surface area contributed by atoms with Gasteiger partial charge in [0.15, 0.2) is 0 Å². The Morgan fingerprint density at radius 3 is 2.50 bits per heavy atom. The number of carbonyl (C=O) groups is 2. The Balaban J connectivity index is 2.44. The first kappa shape index (κ1) is 17.3. The van der Waals surface area contributed by atoms with Crippen LogP contribution < -0.4 is 5.32 Å². The first-order chi connectivity index (χ1) is 9.50. The van der Waals surface area contributed by atoms with E-state index >= 15 is 0 Å². The molecular weight excluding hydrogens is 274 g/mol. The first-order valence-corrected chi connectivity index (χ1v) is 8.76. The average molecular weight is 301 g/mol. The molecule has 4 nitrogen and oxygen atoms in total. The van der Waals surface area contributed by atoms with Gasteiger partial charge in [0.05, 0.1) is 5.41 Å². The number of carboxylic acids is 1. The molecule has 0 radical (unpaired) electrons. The zero-order chi connectivity index (χ0) is 15.0. The van der Waals surface area contributed by atoms with Gasteiger partial charge in [-0.05, 0) is 37.7 Å². The lowest BCUT2D eigenvalue weighted by atomic mass is 9.71. The van der Waals surface area contributed by atoms with E-state index in [1.807, 2.05) is 18.7 Å². The Labute approximate surface area is 126 Å². The van der Waals surface area contributed by atoms with Gasteiger partial charge in [-0.2, -0.15) is 11.8 Å². The molecule has 0 heterocycles. The molecule has 1 atom stereocenters. The monoisotopic (exact) mass is 301 g/mol. The van der Waals surface area contributed by atoms with Crippen LogP contribution in [-0.4, -0.2) is 34.5 Å². The number of amides is 1. The van der Waals surface area contributed by atoms with Crippen molar-refractivity contribution in [2.24, 2.45) is 5.41 Å². The zero-order valence-electron chi connectivity index (χ0n) is 12.6. The second-order valence-electron chi connectivity index (χ2n) is 5.78. The SMILES string of the molecule is CCSCCC(C)NC(=O)CC1(C(=O)O)CCCCC1. The number of rotatable bonds is 8. The zero-order valence-corrected chi connectivity index (χ0v) is 13.4. The van der Waals surface area contributed by atoms with Gasteiger partial charge < -0.3 is 10.4 Å². The van der Waals surface area contributed by atoms with Crippen LogP contribution in [0, 0.1) is 5.41 Å². The van der Waals surface area contributed by atoms with Crippen LogP contribution >= 0.6 is 11.8 Å². The maximum absolute atomic E-state index is 12.1. The van der Waals surface area contributed by atoms with Crippen molar-refractivity contribution in [1.82, 2.24) is 5.32 Å². The Morgan fingerprint density at radius 2 is 1.95 bits per heavy atom. The smallest absolute Gasteiger partial charge is 0.310 e. The summed E-state index contributed by atoms with van der Waals surface area (Å²) in [6.07, 6.45) is 5.26. The van der Waals surface area contributed by atoms with E-state index in [0.717, 1.165) is 37.2 Å². The summed E-state index contributed by atoms with van der Waals surface area (Å²) < 4.78 is 0. The number of hydrogen-bond acceptors (Lipinski definition) is 3. The summed E-state index contributed by atoms with van der Waals surface area (Å²) in [5, 5.41) is 12.4. The van der Waals surface area contributed by atoms with Crippen molar-refractivity contribution in [3.05, 3.63) is 0 Å². The molecule has 20 heavy (non-hydrogen) atoms. The minimum Gasteiger partial charge on any atom is -0.481 e. The molecule has 5 heteroatoms. The number of thioether (sulfide) groups is 1. The van der Waals surface area contributed by atoms with E-state index in [1.165, 1.54) is 0 Å². The summed E-state index contributed by atoms with van der Waals surface area (Å²) in [4.78, 5) is 23.6. The molecule has 0 aromatic heterocycles. The molecule has 0 saturated heterocycles. The van der Waals surface area contributed by atoms with E-state index in [9.17, 15) is 14.7 Å². The van der Waals surface area contributed by atoms with Crippen LogP contribution in [0.15, 0.2) is 0 Å². The van der Waals surface area contributed by atoms with Gasteiger partial charge in [-0.25, -0.2) is 0 Å². The van der Waals surface area contributed by atoms with Crippen molar-refractivity contribution in [2.45, 2.75) is 64.8 Å². The summed E-state index contributed by atoms with van der Waals surface area (Å²) >= 11 is 1.86. The first-order valence-electron chi connectivity index (χ1n) is 7.60. The molecule has 0 spiro atoms. The van der Waals surface area contributed by atoms with Crippen molar-refractivity contribution in [1.29, 1.82) is 0 Å². The van der Waals surface area contributed by atoms with E-state index < -0.39 is 11.4 Å². The standard InChI is InChI=1S/C15H27NO3S/c1-3-20-10-7-12(2)16-13(17)11-15(14(18)19)8-5-4-6-9-15/h12H,3-11H2,1-2H3,(H,16,17)(H,18,19). The van der Waals surface area contributed by atoms with Gasteiger partial charge in [-0.1, -0.05) is 26.2 Å². The fourth-order valence-corrected chi connectivity index (χ4v) is 3.61. The molecule has 1 aliphatic carbocycles. The van der Waals surface area contributed by atoms with Crippen LogP contribution in [0.25, 0.3) is 0 Å². The molecule has 1 amide bonds. The second kappa shape index (κ2) is 8.55. The Kier molecular flexibility index (Phi) is 7.41. The summed E-state index contributed by atoms with van der Waals surface area (Å²) in [6, 6.07) is 0.121. The van der Waals surface area contributed by atoms with Crippen LogP contribution in [0.1, 0.15) is 58.8 Å². The number of hydrogen-bond donors (Lipinski definition) is 2. The third-order valence-electron chi connectivity index (χ3n) is 4.07. The molecule has 0 aromatic carbocycles. The normalized spacial score (nSPS) is 19.3. The number of carboxylic acid groups (broad SMARTS) is 1. The van der Waals surface area contributed by atoms with Crippen LogP contribution in [0.2, 0.25) is 0 Å². The van der Waals surface area contributed by atoms with Crippen molar-refractivity contribution >= 4 is 23.6 Å². The largest absolute Gasteiger partial charge is 0.481 e. The van der Waals surface area contributed by atoms with E-state index in [4.69, 9.17) is 0 Å². The molecule has 116 valence electrons. The highest BCUT2D eigenvalue weighted by Gasteiger charge is 2.41. The van der Waals surface area contributed by atoms with E-state index in [-0.39, 0.29) is 18.4 Å². The highest BCUT2D eigenvalue weighted by Crippen LogP contribution is 2.39. The third-order valence-corrected chi connectivity index (χ3v) is 5.00. The average Bonchev–Trinajstić information content (AvgIpc) is 2.39. The van der Waals surface area contributed by atoms with E-state index in [2.05, 4.69) is 12.2 Å². The molecule has 1 unspecified atom stereocenters. The minimum atomic E-state index is -0.819. The topological polar surface area (TPSA) is 66.4 Å². The molecule has 1 aliphatic rings. The fourth-order valence-electron chi connectivity index (χ4n) is 2.80.